The van der Waals surface area contributed by atoms with Gasteiger partial charge in [-0.1, -0.05) is 30.3 Å². The van der Waals surface area contributed by atoms with Gasteiger partial charge in [0.1, 0.15) is 11.9 Å². The first-order valence-corrected chi connectivity index (χ1v) is 9.19. The van der Waals surface area contributed by atoms with Gasteiger partial charge in [0.05, 0.1) is 23.6 Å². The van der Waals surface area contributed by atoms with Gasteiger partial charge in [0.15, 0.2) is 0 Å². The topological polar surface area (TPSA) is 89.7 Å². The Morgan fingerprint density at radius 1 is 1.20 bits per heavy atom. The molecule has 2 aromatic carbocycles. The van der Waals surface area contributed by atoms with Gasteiger partial charge >= 0.3 is 0 Å². The second-order valence-electron chi connectivity index (χ2n) is 5.71. The van der Waals surface area contributed by atoms with Gasteiger partial charge in [0.25, 0.3) is 5.91 Å². The van der Waals surface area contributed by atoms with Gasteiger partial charge in [-0.2, -0.15) is 0 Å². The number of carbonyl (C=O) groups excluding carboxylic acids is 1. The summed E-state index contributed by atoms with van der Waals surface area (Å²) in [5, 5.41) is 5.06. The summed E-state index contributed by atoms with van der Waals surface area (Å²) in [6.07, 6.45) is -0.316. The second kappa shape index (κ2) is 6.91. The number of primary sulfonamides is 1. The highest BCUT2D eigenvalue weighted by Crippen LogP contribution is 2.24. The van der Waals surface area contributed by atoms with Crippen LogP contribution in [-0.2, 0) is 14.8 Å². The van der Waals surface area contributed by atoms with Crippen molar-refractivity contribution in [2.75, 3.05) is 19.7 Å². The summed E-state index contributed by atoms with van der Waals surface area (Å²) in [5.74, 6) is -1.38. The number of morpholine rings is 1. The van der Waals surface area contributed by atoms with Crippen molar-refractivity contribution < 1.29 is 22.3 Å². The highest BCUT2D eigenvalue weighted by molar-refractivity contribution is 7.89. The van der Waals surface area contributed by atoms with Gasteiger partial charge in [-0.15, -0.1) is 0 Å². The zero-order chi connectivity index (χ0) is 18.0. The number of halogens is 1. The smallest absolute Gasteiger partial charge is 0.257 e. The molecule has 6 nitrogen and oxygen atoms in total. The van der Waals surface area contributed by atoms with Gasteiger partial charge in [-0.25, -0.2) is 17.9 Å². The average molecular weight is 364 g/mol. The maximum absolute atomic E-state index is 14.1. The first kappa shape index (κ1) is 17.5. The number of nitrogens with two attached hydrogens (primary N) is 1. The minimum atomic E-state index is -4.02. The lowest BCUT2D eigenvalue weighted by Crippen LogP contribution is -2.42. The number of ether oxygens (including phenoxy) is 1. The lowest BCUT2D eigenvalue weighted by molar-refractivity contribution is -0.0229. The minimum absolute atomic E-state index is 0.252. The number of carbonyl (C=O) groups is 1. The average Bonchev–Trinajstić information content (AvgIpc) is 2.61. The molecule has 0 unspecified atom stereocenters. The molecular formula is C17H17FN2O4S. The molecule has 2 aromatic rings. The van der Waals surface area contributed by atoms with Gasteiger partial charge < -0.3 is 9.64 Å². The fourth-order valence-corrected chi connectivity index (χ4v) is 3.26. The largest absolute Gasteiger partial charge is 0.370 e. The van der Waals surface area contributed by atoms with Crippen molar-refractivity contribution in [3.63, 3.8) is 0 Å². The van der Waals surface area contributed by atoms with Crippen LogP contribution < -0.4 is 5.14 Å². The Hall–Kier alpha value is -2.29. The molecule has 2 N–H and O–H groups in total. The van der Waals surface area contributed by atoms with Crippen LogP contribution in [0, 0.1) is 5.82 Å². The van der Waals surface area contributed by atoms with Crippen molar-refractivity contribution in [1.29, 1.82) is 0 Å². The van der Waals surface area contributed by atoms with E-state index in [0.29, 0.717) is 13.2 Å². The van der Waals surface area contributed by atoms with Crippen molar-refractivity contribution in [2.45, 2.75) is 11.0 Å². The molecule has 3 rings (SSSR count). The van der Waals surface area contributed by atoms with Crippen LogP contribution in [0.1, 0.15) is 22.0 Å². The Morgan fingerprint density at radius 3 is 2.60 bits per heavy atom. The highest BCUT2D eigenvalue weighted by atomic mass is 32.2. The third kappa shape index (κ3) is 3.87. The monoisotopic (exact) mass is 364 g/mol. The normalized spacial score (nSPS) is 18.2. The van der Waals surface area contributed by atoms with E-state index in [4.69, 9.17) is 9.88 Å². The Bertz CT molecular complexity index is 887. The quantitative estimate of drug-likeness (QED) is 0.897. The van der Waals surface area contributed by atoms with E-state index in [1.165, 1.54) is 4.90 Å². The molecule has 1 fully saturated rings. The summed E-state index contributed by atoms with van der Waals surface area (Å²) in [7, 11) is -4.02. The van der Waals surface area contributed by atoms with Crippen LogP contribution in [0.15, 0.2) is 53.4 Å². The number of nitrogens with zero attached hydrogens (tertiary/aromatic N) is 1. The van der Waals surface area contributed by atoms with E-state index in [2.05, 4.69) is 0 Å². The molecule has 1 amide bonds. The Morgan fingerprint density at radius 2 is 1.92 bits per heavy atom. The standard InChI is InChI=1S/C17H17FN2O4S/c18-15-7-6-13(25(19,22)23)10-14(15)17(21)20-8-9-24-16(11-20)12-4-2-1-3-5-12/h1-7,10,16H,8-9,11H2,(H2,19,22,23)/t16-/m1/s1. The first-order chi connectivity index (χ1) is 11.9. The molecule has 0 radical (unpaired) electrons. The number of benzene rings is 2. The molecule has 1 aliphatic heterocycles. The van der Waals surface area contributed by atoms with E-state index < -0.39 is 21.7 Å². The van der Waals surface area contributed by atoms with E-state index in [1.54, 1.807) is 0 Å². The van der Waals surface area contributed by atoms with Crippen molar-refractivity contribution in [1.82, 2.24) is 4.90 Å². The second-order valence-corrected chi connectivity index (χ2v) is 7.27. The lowest BCUT2D eigenvalue weighted by Gasteiger charge is -2.33. The van der Waals surface area contributed by atoms with Crippen LogP contribution in [-0.4, -0.2) is 38.9 Å². The van der Waals surface area contributed by atoms with E-state index in [-0.39, 0.29) is 23.1 Å². The third-order valence-electron chi connectivity index (χ3n) is 4.02. The molecular weight excluding hydrogens is 347 g/mol. The maximum atomic E-state index is 14.1. The fourth-order valence-electron chi connectivity index (χ4n) is 2.72. The Kier molecular flexibility index (Phi) is 4.85. The van der Waals surface area contributed by atoms with Crippen LogP contribution in [0.25, 0.3) is 0 Å². The van der Waals surface area contributed by atoms with E-state index in [0.717, 1.165) is 23.8 Å². The molecule has 25 heavy (non-hydrogen) atoms. The summed E-state index contributed by atoms with van der Waals surface area (Å²) in [5.41, 5.74) is 0.596. The summed E-state index contributed by atoms with van der Waals surface area (Å²) in [4.78, 5) is 13.8. The van der Waals surface area contributed by atoms with Crippen LogP contribution in [0.3, 0.4) is 0 Å². The van der Waals surface area contributed by atoms with Crippen molar-refractivity contribution >= 4 is 15.9 Å². The van der Waals surface area contributed by atoms with Crippen LogP contribution in [0.5, 0.6) is 0 Å². The maximum Gasteiger partial charge on any atom is 0.257 e. The molecule has 8 heteroatoms. The molecule has 132 valence electrons. The zero-order valence-corrected chi connectivity index (χ0v) is 14.1. The van der Waals surface area contributed by atoms with Crippen LogP contribution >= 0.6 is 0 Å². The van der Waals surface area contributed by atoms with Crippen molar-refractivity contribution in [3.8, 4) is 0 Å². The highest BCUT2D eigenvalue weighted by Gasteiger charge is 2.28. The van der Waals surface area contributed by atoms with Gasteiger partial charge in [0.2, 0.25) is 10.0 Å². The predicted octanol–water partition coefficient (Wildman–Crippen LogP) is 1.69. The number of rotatable bonds is 3. The van der Waals surface area contributed by atoms with E-state index >= 15 is 0 Å². The Balaban J connectivity index is 1.86. The number of amides is 1. The molecule has 0 spiro atoms. The summed E-state index contributed by atoms with van der Waals surface area (Å²) >= 11 is 0. The van der Waals surface area contributed by atoms with Gasteiger partial charge in [-0.05, 0) is 23.8 Å². The first-order valence-electron chi connectivity index (χ1n) is 7.64. The molecule has 1 aliphatic rings. The summed E-state index contributed by atoms with van der Waals surface area (Å²) in [6, 6.07) is 12.3. The molecule has 1 heterocycles. The lowest BCUT2D eigenvalue weighted by atomic mass is 10.1. The van der Waals surface area contributed by atoms with Gasteiger partial charge in [-0.3, -0.25) is 4.79 Å². The zero-order valence-electron chi connectivity index (χ0n) is 13.3. The van der Waals surface area contributed by atoms with Gasteiger partial charge in [0, 0.05) is 6.54 Å². The van der Waals surface area contributed by atoms with E-state index in [1.807, 2.05) is 30.3 Å². The molecule has 0 saturated carbocycles. The molecule has 1 saturated heterocycles. The SMILES string of the molecule is NS(=O)(=O)c1ccc(F)c(C(=O)N2CCO[C@@H](c3ccccc3)C2)c1. The Labute approximate surface area is 145 Å². The molecule has 1 atom stereocenters. The van der Waals surface area contributed by atoms with Crippen molar-refractivity contribution in [3.05, 3.63) is 65.5 Å². The van der Waals surface area contributed by atoms with Crippen molar-refractivity contribution in [2.24, 2.45) is 5.14 Å². The summed E-state index contributed by atoms with van der Waals surface area (Å²) < 4.78 is 42.6. The number of hydrogen-bond acceptors (Lipinski definition) is 4. The molecule has 0 aromatic heterocycles. The summed E-state index contributed by atoms with van der Waals surface area (Å²) in [6.45, 7) is 0.852. The fraction of sp³-hybridized carbons (Fsp3) is 0.235. The molecule has 0 bridgehead atoms. The molecule has 0 aliphatic carbocycles. The minimum Gasteiger partial charge on any atom is -0.370 e. The van der Waals surface area contributed by atoms with Crippen LogP contribution in [0.4, 0.5) is 4.39 Å². The van der Waals surface area contributed by atoms with Crippen LogP contribution in [0.2, 0.25) is 0 Å². The third-order valence-corrected chi connectivity index (χ3v) is 4.93. The van der Waals surface area contributed by atoms with E-state index in [9.17, 15) is 17.6 Å². The number of sulfonamides is 1. The number of hydrogen-bond donors (Lipinski definition) is 1. The predicted molar refractivity (Wildman–Crippen MR) is 88.8 cm³/mol.